The molecule has 0 amide bonds. The van der Waals surface area contributed by atoms with Crippen molar-refractivity contribution in [3.8, 4) is 0 Å². The van der Waals surface area contributed by atoms with Gasteiger partial charge >= 0.3 is 0 Å². The van der Waals surface area contributed by atoms with E-state index in [9.17, 15) is 26.9 Å². The summed E-state index contributed by atoms with van der Waals surface area (Å²) >= 11 is 0. The van der Waals surface area contributed by atoms with Crippen molar-refractivity contribution in [1.82, 2.24) is 4.31 Å². The number of sulfonamides is 1. The molecule has 1 heterocycles. The highest BCUT2D eigenvalue weighted by Crippen LogP contribution is 2.31. The molecule has 0 bridgehead atoms. The van der Waals surface area contributed by atoms with Crippen molar-refractivity contribution in [2.24, 2.45) is 11.8 Å². The SMILES string of the molecule is CC1CC(C)CN(S(=O)(=O)c2ccc(NCCS(=O)(=O)Cc3ccccc3)c([N+](=O)[O-])c2)C1. The standard InChI is InChI=1S/C22H29N3O6S2/c1-17-12-18(2)15-24(14-17)33(30,31)20-8-9-21(22(13-20)25(26)27)23-10-11-32(28,29)16-19-6-4-3-5-7-19/h3-9,13,17-18,23H,10-12,14-16H2,1-2H3. The molecule has 2 aromatic rings. The van der Waals surface area contributed by atoms with Crippen molar-refractivity contribution in [2.45, 2.75) is 30.9 Å². The lowest BCUT2D eigenvalue weighted by atomic mass is 9.94. The molecule has 2 aromatic carbocycles. The first-order chi connectivity index (χ1) is 15.5. The Morgan fingerprint density at radius 3 is 2.27 bits per heavy atom. The smallest absolute Gasteiger partial charge is 0.293 e. The lowest BCUT2D eigenvalue weighted by Crippen LogP contribution is -2.42. The summed E-state index contributed by atoms with van der Waals surface area (Å²) in [6, 6.07) is 12.4. The highest BCUT2D eigenvalue weighted by Gasteiger charge is 2.33. The molecule has 9 nitrogen and oxygen atoms in total. The Balaban J connectivity index is 1.73. The van der Waals surface area contributed by atoms with Crippen LogP contribution < -0.4 is 5.32 Å². The highest BCUT2D eigenvalue weighted by molar-refractivity contribution is 7.90. The van der Waals surface area contributed by atoms with Gasteiger partial charge in [0.15, 0.2) is 9.84 Å². The number of piperidine rings is 1. The Morgan fingerprint density at radius 2 is 1.67 bits per heavy atom. The molecular weight excluding hydrogens is 466 g/mol. The number of nitro benzene ring substituents is 1. The lowest BCUT2D eigenvalue weighted by Gasteiger charge is -2.34. The van der Waals surface area contributed by atoms with E-state index >= 15 is 0 Å². The van der Waals surface area contributed by atoms with Crippen LogP contribution >= 0.6 is 0 Å². The molecule has 11 heteroatoms. The molecule has 3 rings (SSSR count). The van der Waals surface area contributed by atoms with Crippen LogP contribution in [0.2, 0.25) is 0 Å². The minimum atomic E-state index is -3.87. The fourth-order valence-corrected chi connectivity index (χ4v) is 7.12. The van der Waals surface area contributed by atoms with E-state index in [0.29, 0.717) is 18.7 Å². The third-order valence-corrected chi connectivity index (χ3v) is 9.02. The Kier molecular flexibility index (Phi) is 7.76. The van der Waals surface area contributed by atoms with E-state index in [0.717, 1.165) is 12.5 Å². The molecule has 0 saturated carbocycles. The van der Waals surface area contributed by atoms with Crippen LogP contribution in [0.5, 0.6) is 0 Å². The number of anilines is 1. The molecule has 1 N–H and O–H groups in total. The van der Waals surface area contributed by atoms with Crippen molar-refractivity contribution in [1.29, 1.82) is 0 Å². The third kappa shape index (κ3) is 6.52. The number of hydrogen-bond acceptors (Lipinski definition) is 7. The first kappa shape index (κ1) is 25.1. The average Bonchev–Trinajstić information content (AvgIpc) is 2.73. The van der Waals surface area contributed by atoms with E-state index in [-0.39, 0.29) is 40.5 Å². The fourth-order valence-electron chi connectivity index (χ4n) is 4.17. The van der Waals surface area contributed by atoms with E-state index in [1.165, 1.54) is 16.4 Å². The van der Waals surface area contributed by atoms with Gasteiger partial charge in [-0.05, 0) is 36.0 Å². The van der Waals surface area contributed by atoms with E-state index in [1.807, 2.05) is 13.8 Å². The Morgan fingerprint density at radius 1 is 1.03 bits per heavy atom. The zero-order valence-electron chi connectivity index (χ0n) is 18.7. The summed E-state index contributed by atoms with van der Waals surface area (Å²) in [7, 11) is -7.30. The van der Waals surface area contributed by atoms with Crippen molar-refractivity contribution < 1.29 is 21.8 Å². The summed E-state index contributed by atoms with van der Waals surface area (Å²) in [5, 5.41) is 14.4. The molecule has 1 fully saturated rings. The number of benzene rings is 2. The van der Waals surface area contributed by atoms with Crippen LogP contribution in [0.3, 0.4) is 0 Å². The Bertz CT molecular complexity index is 1190. The van der Waals surface area contributed by atoms with Crippen LogP contribution in [0.25, 0.3) is 0 Å². The minimum Gasteiger partial charge on any atom is -0.378 e. The summed E-state index contributed by atoms with van der Waals surface area (Å²) < 4.78 is 52.3. The van der Waals surface area contributed by atoms with Gasteiger partial charge in [0.1, 0.15) is 5.69 Å². The summed E-state index contributed by atoms with van der Waals surface area (Å²) in [4.78, 5) is 10.8. The van der Waals surface area contributed by atoms with Gasteiger partial charge in [-0.1, -0.05) is 44.2 Å². The second-order valence-electron chi connectivity index (χ2n) is 8.71. The van der Waals surface area contributed by atoms with Gasteiger partial charge in [-0.25, -0.2) is 16.8 Å². The van der Waals surface area contributed by atoms with Crippen molar-refractivity contribution in [3.63, 3.8) is 0 Å². The molecule has 0 spiro atoms. The minimum absolute atomic E-state index is 0.0384. The summed E-state index contributed by atoms with van der Waals surface area (Å²) in [6.07, 6.45) is 0.933. The fraction of sp³-hybridized carbons (Fsp3) is 0.455. The average molecular weight is 496 g/mol. The zero-order chi connectivity index (χ0) is 24.2. The van der Waals surface area contributed by atoms with Gasteiger partial charge < -0.3 is 5.32 Å². The predicted octanol–water partition coefficient (Wildman–Crippen LogP) is 3.29. The maximum absolute atomic E-state index is 13.1. The van der Waals surface area contributed by atoms with Gasteiger partial charge in [-0.15, -0.1) is 0 Å². The molecule has 1 saturated heterocycles. The molecule has 0 aromatic heterocycles. The summed E-state index contributed by atoms with van der Waals surface area (Å²) in [5.74, 6) is 0.0685. The van der Waals surface area contributed by atoms with Crippen molar-refractivity contribution in [3.05, 3.63) is 64.2 Å². The van der Waals surface area contributed by atoms with E-state index in [1.54, 1.807) is 30.3 Å². The van der Waals surface area contributed by atoms with Gasteiger partial charge in [-0.3, -0.25) is 10.1 Å². The van der Waals surface area contributed by atoms with E-state index < -0.39 is 30.5 Å². The molecule has 1 aliphatic heterocycles. The largest absolute Gasteiger partial charge is 0.378 e. The molecule has 0 aliphatic carbocycles. The van der Waals surface area contributed by atoms with Gasteiger partial charge in [0.2, 0.25) is 10.0 Å². The van der Waals surface area contributed by atoms with Crippen LogP contribution in [0.1, 0.15) is 25.8 Å². The number of hydrogen-bond donors (Lipinski definition) is 1. The van der Waals surface area contributed by atoms with Gasteiger partial charge in [0.25, 0.3) is 5.69 Å². The highest BCUT2D eigenvalue weighted by atomic mass is 32.2. The predicted molar refractivity (Wildman–Crippen MR) is 127 cm³/mol. The van der Waals surface area contributed by atoms with Gasteiger partial charge in [0, 0.05) is 25.7 Å². The monoisotopic (exact) mass is 495 g/mol. The molecule has 0 radical (unpaired) electrons. The van der Waals surface area contributed by atoms with Gasteiger partial charge in [0.05, 0.1) is 21.3 Å². The van der Waals surface area contributed by atoms with Gasteiger partial charge in [-0.2, -0.15) is 4.31 Å². The molecular formula is C22H29N3O6S2. The normalized spacial score (nSPS) is 19.8. The summed E-state index contributed by atoms with van der Waals surface area (Å²) in [5.41, 5.74) is 0.336. The second kappa shape index (κ2) is 10.2. The first-order valence-corrected chi connectivity index (χ1v) is 14.0. The lowest BCUT2D eigenvalue weighted by molar-refractivity contribution is -0.384. The summed E-state index contributed by atoms with van der Waals surface area (Å²) in [6.45, 7) is 4.68. The molecule has 33 heavy (non-hydrogen) atoms. The maximum Gasteiger partial charge on any atom is 0.293 e. The van der Waals surface area contributed by atoms with Crippen molar-refractivity contribution in [2.75, 3.05) is 30.7 Å². The second-order valence-corrected chi connectivity index (χ2v) is 12.8. The topological polar surface area (TPSA) is 127 Å². The maximum atomic E-state index is 13.1. The van der Waals surface area contributed by atoms with Crippen LogP contribution in [0.15, 0.2) is 53.4 Å². The Hall–Kier alpha value is -2.50. The molecule has 2 unspecified atom stereocenters. The number of nitrogens with zero attached hydrogens (tertiary/aromatic N) is 2. The zero-order valence-corrected chi connectivity index (χ0v) is 20.3. The first-order valence-electron chi connectivity index (χ1n) is 10.7. The van der Waals surface area contributed by atoms with E-state index in [4.69, 9.17) is 0 Å². The van der Waals surface area contributed by atoms with E-state index in [2.05, 4.69) is 5.32 Å². The Labute approximate surface area is 194 Å². The number of sulfone groups is 1. The number of rotatable bonds is 9. The van der Waals surface area contributed by atoms with Crippen LogP contribution in [0.4, 0.5) is 11.4 Å². The van der Waals surface area contributed by atoms with Crippen LogP contribution in [0, 0.1) is 22.0 Å². The van der Waals surface area contributed by atoms with Crippen LogP contribution in [-0.4, -0.2) is 51.5 Å². The number of nitrogens with one attached hydrogen (secondary N) is 1. The molecule has 2 atom stereocenters. The van der Waals surface area contributed by atoms with Crippen molar-refractivity contribution >= 4 is 31.2 Å². The molecule has 180 valence electrons. The number of nitro groups is 1. The molecule has 1 aliphatic rings. The third-order valence-electron chi connectivity index (χ3n) is 5.60. The van der Waals surface area contributed by atoms with Crippen LogP contribution in [-0.2, 0) is 25.6 Å². The quantitative estimate of drug-likeness (QED) is 0.418.